The van der Waals surface area contributed by atoms with Gasteiger partial charge in [0.15, 0.2) is 0 Å². The van der Waals surface area contributed by atoms with Crippen molar-refractivity contribution in [1.29, 1.82) is 0 Å². The zero-order valence-corrected chi connectivity index (χ0v) is 15.7. The highest BCUT2D eigenvalue weighted by Gasteiger charge is 2.15. The van der Waals surface area contributed by atoms with E-state index < -0.39 is 5.97 Å². The van der Waals surface area contributed by atoms with E-state index in [2.05, 4.69) is 31.6 Å². The van der Waals surface area contributed by atoms with Crippen molar-refractivity contribution in [3.63, 3.8) is 0 Å². The first kappa shape index (κ1) is 18.7. The van der Waals surface area contributed by atoms with E-state index in [1.54, 1.807) is 30.3 Å². The van der Waals surface area contributed by atoms with Gasteiger partial charge in [-0.1, -0.05) is 24.3 Å². The van der Waals surface area contributed by atoms with E-state index >= 15 is 0 Å². The quantitative estimate of drug-likeness (QED) is 0.587. The average molecular weight is 391 g/mol. The van der Waals surface area contributed by atoms with Crippen LogP contribution >= 0.6 is 0 Å². The Morgan fingerprint density at radius 1 is 0.931 bits per heavy atom. The van der Waals surface area contributed by atoms with Crippen LogP contribution in [0.2, 0.25) is 0 Å². The molecule has 0 atom stereocenters. The molecule has 3 aromatic rings. The van der Waals surface area contributed by atoms with Crippen molar-refractivity contribution >= 4 is 34.7 Å². The summed E-state index contributed by atoms with van der Waals surface area (Å²) in [5.41, 5.74) is 2.67. The van der Waals surface area contributed by atoms with E-state index in [9.17, 15) is 9.90 Å². The van der Waals surface area contributed by atoms with Crippen molar-refractivity contribution in [3.8, 4) is 0 Å². The number of carboxylic acids is 1. The summed E-state index contributed by atoms with van der Waals surface area (Å²) in [6, 6.07) is 16.5. The van der Waals surface area contributed by atoms with Crippen molar-refractivity contribution in [2.24, 2.45) is 0 Å². The van der Waals surface area contributed by atoms with Gasteiger partial charge in [0, 0.05) is 19.2 Å². The molecule has 0 unspecified atom stereocenters. The highest BCUT2D eigenvalue weighted by atomic mass is 16.5. The number of ether oxygens (including phenoxy) is 1. The molecule has 0 amide bonds. The first-order valence-electron chi connectivity index (χ1n) is 9.31. The van der Waals surface area contributed by atoms with E-state index in [1.807, 2.05) is 18.2 Å². The van der Waals surface area contributed by atoms with E-state index in [0.717, 1.165) is 24.5 Å². The molecular weight excluding hydrogens is 370 g/mol. The number of hydrogen-bond acceptors (Lipinski definition) is 7. The van der Waals surface area contributed by atoms with Gasteiger partial charge in [-0.3, -0.25) is 0 Å². The van der Waals surface area contributed by atoms with Gasteiger partial charge >= 0.3 is 5.97 Å². The number of morpholine rings is 1. The molecule has 0 aliphatic carbocycles. The summed E-state index contributed by atoms with van der Waals surface area (Å²) in [5, 5.41) is 15.8. The third kappa shape index (κ3) is 4.44. The molecule has 1 saturated heterocycles. The molecule has 2 heterocycles. The van der Waals surface area contributed by atoms with Crippen LogP contribution in [0.3, 0.4) is 0 Å². The normalized spacial score (nSPS) is 13.7. The molecule has 0 radical (unpaired) electrons. The Morgan fingerprint density at radius 2 is 1.55 bits per heavy atom. The molecule has 4 rings (SSSR count). The lowest BCUT2D eigenvalue weighted by atomic mass is 10.2. The molecule has 0 spiro atoms. The fourth-order valence-corrected chi connectivity index (χ4v) is 3.21. The van der Waals surface area contributed by atoms with Crippen LogP contribution in [0.1, 0.15) is 10.4 Å². The maximum Gasteiger partial charge on any atom is 0.337 e. The first-order chi connectivity index (χ1) is 14.2. The fourth-order valence-electron chi connectivity index (χ4n) is 3.21. The number of hydrogen-bond donors (Lipinski definition) is 3. The predicted octanol–water partition coefficient (Wildman–Crippen LogP) is 3.50. The second-order valence-corrected chi connectivity index (χ2v) is 6.51. The fraction of sp³-hybridized carbons (Fsp3) is 0.190. The van der Waals surface area contributed by atoms with E-state index in [-0.39, 0.29) is 5.56 Å². The highest BCUT2D eigenvalue weighted by Crippen LogP contribution is 2.29. The van der Waals surface area contributed by atoms with Crippen LogP contribution in [0.25, 0.3) is 0 Å². The summed E-state index contributed by atoms with van der Waals surface area (Å²) in [4.78, 5) is 22.2. The van der Waals surface area contributed by atoms with Gasteiger partial charge in [0.25, 0.3) is 0 Å². The molecule has 1 aliphatic rings. The van der Waals surface area contributed by atoms with Crippen LogP contribution < -0.4 is 15.5 Å². The number of carbonyl (C=O) groups is 1. The molecule has 148 valence electrons. The lowest BCUT2D eigenvalue weighted by molar-refractivity contribution is 0.0698. The smallest absolute Gasteiger partial charge is 0.337 e. The minimum absolute atomic E-state index is 0.179. The van der Waals surface area contributed by atoms with Crippen molar-refractivity contribution < 1.29 is 14.6 Å². The first-order valence-corrected chi connectivity index (χ1v) is 9.31. The van der Waals surface area contributed by atoms with Crippen molar-refractivity contribution in [2.45, 2.75) is 0 Å². The van der Waals surface area contributed by atoms with Crippen LogP contribution in [0.5, 0.6) is 0 Å². The van der Waals surface area contributed by atoms with Gasteiger partial charge in [0.2, 0.25) is 0 Å². The summed E-state index contributed by atoms with van der Waals surface area (Å²) in [7, 11) is 0. The summed E-state index contributed by atoms with van der Waals surface area (Å²) < 4.78 is 5.45. The Balaban J connectivity index is 1.56. The third-order valence-corrected chi connectivity index (χ3v) is 4.61. The van der Waals surface area contributed by atoms with E-state index in [0.29, 0.717) is 30.5 Å². The van der Waals surface area contributed by atoms with E-state index in [4.69, 9.17) is 4.74 Å². The molecule has 3 N–H and O–H groups in total. The Bertz CT molecular complexity index is 1000. The second-order valence-electron chi connectivity index (χ2n) is 6.51. The van der Waals surface area contributed by atoms with Gasteiger partial charge in [0.1, 0.15) is 18.0 Å². The van der Waals surface area contributed by atoms with Gasteiger partial charge in [-0.05, 0) is 24.3 Å². The molecule has 29 heavy (non-hydrogen) atoms. The number of carboxylic acid groups (broad SMARTS) is 1. The highest BCUT2D eigenvalue weighted by molar-refractivity contribution is 5.95. The Morgan fingerprint density at radius 3 is 2.28 bits per heavy atom. The maximum atomic E-state index is 11.4. The summed E-state index contributed by atoms with van der Waals surface area (Å²) in [5.74, 6) is 0.107. The Hall–Kier alpha value is -3.65. The van der Waals surface area contributed by atoms with Crippen LogP contribution in [-0.2, 0) is 4.74 Å². The molecule has 8 heteroatoms. The van der Waals surface area contributed by atoms with Gasteiger partial charge in [-0.2, -0.15) is 0 Å². The minimum atomic E-state index is -1.00. The summed E-state index contributed by atoms with van der Waals surface area (Å²) >= 11 is 0. The van der Waals surface area contributed by atoms with Gasteiger partial charge in [-0.25, -0.2) is 14.8 Å². The Labute approximate surface area is 168 Å². The van der Waals surface area contributed by atoms with Crippen molar-refractivity contribution in [2.75, 3.05) is 41.8 Å². The van der Waals surface area contributed by atoms with E-state index in [1.165, 1.54) is 6.33 Å². The number of aromatic carboxylic acids is 1. The van der Waals surface area contributed by atoms with Crippen LogP contribution in [-0.4, -0.2) is 47.3 Å². The number of benzene rings is 2. The third-order valence-electron chi connectivity index (χ3n) is 4.61. The number of para-hydroxylation sites is 3. The number of rotatable bonds is 6. The number of aromatic nitrogens is 2. The summed E-state index contributed by atoms with van der Waals surface area (Å²) in [6.45, 7) is 3.08. The maximum absolute atomic E-state index is 11.4. The summed E-state index contributed by atoms with van der Waals surface area (Å²) in [6.07, 6.45) is 1.44. The Kier molecular flexibility index (Phi) is 5.53. The molecule has 0 saturated carbocycles. The number of anilines is 5. The molecule has 8 nitrogen and oxygen atoms in total. The monoisotopic (exact) mass is 391 g/mol. The molecule has 1 aromatic heterocycles. The van der Waals surface area contributed by atoms with Gasteiger partial charge in [0.05, 0.1) is 35.8 Å². The largest absolute Gasteiger partial charge is 0.478 e. The lowest BCUT2D eigenvalue weighted by Gasteiger charge is -2.30. The van der Waals surface area contributed by atoms with Gasteiger partial charge < -0.3 is 25.4 Å². The topological polar surface area (TPSA) is 99.6 Å². The molecule has 1 fully saturated rings. The number of nitrogens with one attached hydrogen (secondary N) is 2. The molecular formula is C21H21N5O3. The second kappa shape index (κ2) is 8.57. The zero-order chi connectivity index (χ0) is 20.1. The van der Waals surface area contributed by atoms with Crippen LogP contribution in [0, 0.1) is 0 Å². The van der Waals surface area contributed by atoms with Crippen LogP contribution in [0.15, 0.2) is 60.9 Å². The van der Waals surface area contributed by atoms with Crippen LogP contribution in [0.4, 0.5) is 28.7 Å². The molecule has 2 aromatic carbocycles. The van der Waals surface area contributed by atoms with Crippen molar-refractivity contribution in [3.05, 3.63) is 66.5 Å². The predicted molar refractivity (Wildman–Crippen MR) is 111 cm³/mol. The van der Waals surface area contributed by atoms with Crippen molar-refractivity contribution in [1.82, 2.24) is 9.97 Å². The zero-order valence-electron chi connectivity index (χ0n) is 15.7. The average Bonchev–Trinajstić information content (AvgIpc) is 2.75. The minimum Gasteiger partial charge on any atom is -0.478 e. The van der Waals surface area contributed by atoms with Gasteiger partial charge in [-0.15, -0.1) is 0 Å². The molecule has 0 bridgehead atoms. The number of nitrogens with zero attached hydrogens (tertiary/aromatic N) is 3. The lowest BCUT2D eigenvalue weighted by Crippen LogP contribution is -2.36. The SMILES string of the molecule is O=C(O)c1ccccc1Nc1cc(Nc2ccccc2N2CCOCC2)ncn1. The standard InChI is InChI=1S/C21H21N5O3/c27-21(28)15-5-1-2-6-16(15)24-19-13-20(23-14-22-19)25-17-7-3-4-8-18(17)26-9-11-29-12-10-26/h1-8,13-14H,9-12H2,(H,27,28)(H2,22,23,24,25). The molecule has 1 aliphatic heterocycles.